The number of aliphatic hydroxyl groups is 1. The van der Waals surface area contributed by atoms with Gasteiger partial charge in [-0.15, -0.1) is 41.2 Å². The van der Waals surface area contributed by atoms with Gasteiger partial charge >= 0.3 is 12.4 Å². The van der Waals surface area contributed by atoms with Crippen molar-refractivity contribution in [2.24, 2.45) is 11.8 Å². The van der Waals surface area contributed by atoms with Crippen LogP contribution >= 0.6 is 11.3 Å². The van der Waals surface area contributed by atoms with E-state index in [4.69, 9.17) is 4.98 Å². The van der Waals surface area contributed by atoms with Crippen molar-refractivity contribution in [1.82, 2.24) is 9.55 Å². The van der Waals surface area contributed by atoms with Gasteiger partial charge in [0.05, 0.1) is 22.4 Å². The summed E-state index contributed by atoms with van der Waals surface area (Å²) >= 11 is 1.62. The summed E-state index contributed by atoms with van der Waals surface area (Å²) in [6, 6.07) is 36.8. The zero-order valence-corrected chi connectivity index (χ0v) is 38.7. The summed E-state index contributed by atoms with van der Waals surface area (Å²) in [7, 11) is 0. The third-order valence-electron chi connectivity index (χ3n) is 11.5. The molecule has 1 radical (unpaired) electrons. The molecule has 333 valence electrons. The number of pyridine rings is 1. The van der Waals surface area contributed by atoms with Crippen LogP contribution in [0.25, 0.3) is 70.4 Å². The van der Waals surface area contributed by atoms with Gasteiger partial charge in [-0.1, -0.05) is 112 Å². The van der Waals surface area contributed by atoms with E-state index in [-0.39, 0.29) is 43.5 Å². The van der Waals surface area contributed by atoms with E-state index in [0.29, 0.717) is 33.5 Å². The third-order valence-corrected chi connectivity index (χ3v) is 12.6. The topological polar surface area (TPSA) is 55.1 Å². The number of ketones is 1. The maximum Gasteiger partial charge on any atom is 0.416 e. The molecule has 0 saturated heterocycles. The van der Waals surface area contributed by atoms with Crippen LogP contribution in [0.5, 0.6) is 0 Å². The molecule has 0 aliphatic heterocycles. The number of para-hydroxylation sites is 1. The zero-order chi connectivity index (χ0) is 45.1. The zero-order valence-electron chi connectivity index (χ0n) is 35.4. The maximum absolute atomic E-state index is 13.4. The SMILES string of the molecule is CCC(CC)C(=O)/C=C(\O)C(CC)CC.FC(F)(F)c1ccc(-c2c[c-]c(-c3ncc(-c4ccc(C(F)(F)F)cc4)c4c5ccccc5n(-c5cc6ccccc6s5)c34)cc2)cc1.[Ir]. The van der Waals surface area contributed by atoms with Gasteiger partial charge in [0.1, 0.15) is 5.00 Å². The minimum atomic E-state index is -4.46. The molecule has 0 fully saturated rings. The van der Waals surface area contributed by atoms with E-state index >= 15 is 0 Å². The van der Waals surface area contributed by atoms with E-state index in [2.05, 4.69) is 22.8 Å². The summed E-state index contributed by atoms with van der Waals surface area (Å²) in [6.45, 7) is 8.07. The van der Waals surface area contributed by atoms with Crippen molar-refractivity contribution < 1.29 is 56.3 Å². The van der Waals surface area contributed by atoms with Crippen LogP contribution in [0.1, 0.15) is 64.5 Å². The Bertz CT molecular complexity index is 2860. The molecule has 3 aromatic heterocycles. The quantitative estimate of drug-likeness (QED) is 0.0608. The van der Waals surface area contributed by atoms with E-state index in [1.54, 1.807) is 23.6 Å². The number of nitrogens with zero attached hydrogens (tertiary/aromatic N) is 2. The molecule has 4 nitrogen and oxygen atoms in total. The number of aromatic nitrogens is 2. The van der Waals surface area contributed by atoms with Crippen molar-refractivity contribution in [3.05, 3.63) is 157 Å². The molecule has 0 saturated carbocycles. The van der Waals surface area contributed by atoms with E-state index < -0.39 is 23.5 Å². The number of fused-ring (bicyclic) bond motifs is 4. The Kier molecular flexibility index (Phi) is 15.0. The molecule has 64 heavy (non-hydrogen) atoms. The van der Waals surface area contributed by atoms with Gasteiger partial charge in [-0.2, -0.15) is 26.3 Å². The van der Waals surface area contributed by atoms with Gasteiger partial charge in [-0.25, -0.2) is 0 Å². The predicted molar refractivity (Wildman–Crippen MR) is 243 cm³/mol. The fourth-order valence-electron chi connectivity index (χ4n) is 7.94. The molecule has 8 aromatic rings. The molecule has 0 aliphatic rings. The van der Waals surface area contributed by atoms with Crippen LogP contribution in [-0.4, -0.2) is 20.4 Å². The molecule has 0 atom stereocenters. The second kappa shape index (κ2) is 20.1. The molecule has 1 N–H and O–H groups in total. The number of hydrogen-bond acceptors (Lipinski definition) is 4. The van der Waals surface area contributed by atoms with Gasteiger partial charge in [0, 0.05) is 76.5 Å². The second-order valence-corrected chi connectivity index (χ2v) is 16.4. The Labute approximate surface area is 385 Å². The van der Waals surface area contributed by atoms with Crippen molar-refractivity contribution in [1.29, 1.82) is 0 Å². The summed E-state index contributed by atoms with van der Waals surface area (Å²) in [5.41, 5.74) is 4.04. The predicted octanol–water partition coefficient (Wildman–Crippen LogP) is 16.1. The molecule has 0 aliphatic carbocycles. The Balaban J connectivity index is 0.000000367. The van der Waals surface area contributed by atoms with Crippen molar-refractivity contribution in [2.75, 3.05) is 0 Å². The molecule has 5 aromatic carbocycles. The van der Waals surface area contributed by atoms with Crippen LogP contribution in [0.15, 0.2) is 139 Å². The molecule has 0 amide bonds. The molecule has 3 heterocycles. The van der Waals surface area contributed by atoms with Gasteiger partial charge in [0.25, 0.3) is 0 Å². The Morgan fingerprint density at radius 3 is 1.86 bits per heavy atom. The summed E-state index contributed by atoms with van der Waals surface area (Å²) in [5.74, 6) is 0.547. The van der Waals surface area contributed by atoms with E-state index in [1.165, 1.54) is 30.3 Å². The van der Waals surface area contributed by atoms with Crippen LogP contribution in [0.4, 0.5) is 26.3 Å². The van der Waals surface area contributed by atoms with Crippen molar-refractivity contribution in [2.45, 2.75) is 65.7 Å². The third kappa shape index (κ3) is 10.0. The average Bonchev–Trinajstić information content (AvgIpc) is 3.86. The Morgan fingerprint density at radius 1 is 0.734 bits per heavy atom. The number of halogens is 6. The number of alkyl halides is 6. The van der Waals surface area contributed by atoms with Crippen molar-refractivity contribution in [3.63, 3.8) is 0 Å². The Morgan fingerprint density at radius 2 is 1.30 bits per heavy atom. The number of rotatable bonds is 11. The molecular weight excluding hydrogens is 1020 g/mol. The molecule has 8 rings (SSSR count). The fourth-order valence-corrected chi connectivity index (χ4v) is 9.02. The largest absolute Gasteiger partial charge is 0.512 e. The summed E-state index contributed by atoms with van der Waals surface area (Å²) < 4.78 is 82.9. The molecule has 12 heteroatoms. The first kappa shape index (κ1) is 47.9. The summed E-state index contributed by atoms with van der Waals surface area (Å²) in [4.78, 5) is 16.6. The summed E-state index contributed by atoms with van der Waals surface area (Å²) in [5, 5.41) is 13.5. The number of allylic oxidation sites excluding steroid dienone is 2. The van der Waals surface area contributed by atoms with Crippen LogP contribution in [-0.2, 0) is 37.3 Å². The molecule has 0 spiro atoms. The molecule has 0 unspecified atom stereocenters. The van der Waals surface area contributed by atoms with Crippen LogP contribution < -0.4 is 0 Å². The van der Waals surface area contributed by atoms with Gasteiger partial charge in [0.2, 0.25) is 0 Å². The van der Waals surface area contributed by atoms with E-state index in [9.17, 15) is 36.2 Å². The minimum Gasteiger partial charge on any atom is -0.512 e. The number of aliphatic hydroxyl groups excluding tert-OH is 1. The Hall–Kier alpha value is -5.55. The van der Waals surface area contributed by atoms with Gasteiger partial charge < -0.3 is 14.7 Å². The van der Waals surface area contributed by atoms with Gasteiger partial charge in [0.15, 0.2) is 5.78 Å². The molecule has 0 bridgehead atoms. The van der Waals surface area contributed by atoms with Crippen LogP contribution in [0, 0.1) is 17.9 Å². The number of thiophene rings is 1. The molecular formula is C52H45F6IrN2O2S-. The monoisotopic (exact) mass is 1070 g/mol. The first-order valence-electron chi connectivity index (χ1n) is 20.9. The van der Waals surface area contributed by atoms with E-state index in [1.807, 2.05) is 82.3 Å². The van der Waals surface area contributed by atoms with Gasteiger partial charge in [-0.05, 0) is 67.0 Å². The second-order valence-electron chi connectivity index (χ2n) is 15.4. The average molecular weight is 1070 g/mol. The number of hydrogen-bond donors (Lipinski definition) is 1. The first-order chi connectivity index (χ1) is 30.2. The normalized spacial score (nSPS) is 12.2. The van der Waals surface area contributed by atoms with E-state index in [0.717, 1.165) is 86.8 Å². The summed E-state index contributed by atoms with van der Waals surface area (Å²) in [6.07, 6.45) is -2.30. The first-order valence-corrected chi connectivity index (χ1v) is 21.7. The van der Waals surface area contributed by atoms with Gasteiger partial charge in [-0.3, -0.25) is 4.79 Å². The van der Waals surface area contributed by atoms with Crippen molar-refractivity contribution >= 4 is 49.0 Å². The maximum atomic E-state index is 13.4. The number of benzene rings is 5. The van der Waals surface area contributed by atoms with Crippen LogP contribution in [0.2, 0.25) is 0 Å². The number of carbonyl (C=O) groups is 1. The minimum absolute atomic E-state index is 0. The van der Waals surface area contributed by atoms with Crippen molar-refractivity contribution in [3.8, 4) is 38.5 Å². The number of carbonyl (C=O) groups excluding carboxylic acids is 1. The van der Waals surface area contributed by atoms with Crippen LogP contribution in [0.3, 0.4) is 0 Å². The smallest absolute Gasteiger partial charge is 0.416 e. The fraction of sp³-hybridized carbons (Fsp3) is 0.231. The standard InChI is InChI=1S/C39H21F6N2S.C13H24O2.Ir/c40-38(41,42)28-17-13-24(14-18-28)23-9-11-26(12-10-23)36-37-35(31(22-46-36)25-15-19-29(20-16-25)39(43,44)45)30-6-2-3-7-32(30)47(37)34-21-27-5-1-4-8-33(27)48-34;1-5-10(6-2)12(14)9-13(15)11(7-3)8-4;/h1-11,13-22H;9-11,14H,5-8H2,1-4H3;/q-1;;/b;12-9-;.